The summed E-state index contributed by atoms with van der Waals surface area (Å²) in [5.74, 6) is 5.28. The second kappa shape index (κ2) is 10.4. The first-order valence-electron chi connectivity index (χ1n) is 13.3. The molecule has 3 N–H and O–H groups in total. The van der Waals surface area contributed by atoms with Crippen molar-refractivity contribution in [1.82, 2.24) is 24.3 Å². The summed E-state index contributed by atoms with van der Waals surface area (Å²) in [5, 5.41) is 2.71. The SMILES string of the molecule is CC#CC(=O)N1CCCC(c2nc(-c3ccc(C(=O)Nc4cc(C5CC5)ccn4)c(F)c3)n3c(N)nccc23)C1. The highest BCUT2D eigenvalue weighted by atomic mass is 19.1. The molecule has 1 aromatic carbocycles. The summed E-state index contributed by atoms with van der Waals surface area (Å²) < 4.78 is 17.0. The van der Waals surface area contributed by atoms with Crippen molar-refractivity contribution in [3.63, 3.8) is 0 Å². The summed E-state index contributed by atoms with van der Waals surface area (Å²) >= 11 is 0. The highest BCUT2D eigenvalue weighted by Gasteiger charge is 2.29. The van der Waals surface area contributed by atoms with Gasteiger partial charge in [0, 0.05) is 37.0 Å². The van der Waals surface area contributed by atoms with E-state index in [-0.39, 0.29) is 23.3 Å². The molecule has 2 fully saturated rings. The highest BCUT2D eigenvalue weighted by molar-refractivity contribution is 6.04. The number of rotatable bonds is 5. The number of benzene rings is 1. The summed E-state index contributed by atoms with van der Waals surface area (Å²) in [6, 6.07) is 9.95. The van der Waals surface area contributed by atoms with Crippen LogP contribution in [-0.4, -0.2) is 49.2 Å². The number of pyridine rings is 1. The fourth-order valence-electron chi connectivity index (χ4n) is 5.36. The van der Waals surface area contributed by atoms with Crippen molar-refractivity contribution in [3.8, 4) is 23.2 Å². The number of nitrogens with two attached hydrogens (primary N) is 1. The monoisotopic (exact) mass is 537 g/mol. The Morgan fingerprint density at radius 1 is 1.07 bits per heavy atom. The molecule has 1 unspecified atom stereocenters. The topological polar surface area (TPSA) is 119 Å². The van der Waals surface area contributed by atoms with E-state index in [0.29, 0.717) is 36.2 Å². The van der Waals surface area contributed by atoms with Crippen molar-refractivity contribution < 1.29 is 14.0 Å². The Balaban J connectivity index is 1.31. The molecule has 1 aliphatic heterocycles. The predicted octanol–water partition coefficient (Wildman–Crippen LogP) is 4.37. The van der Waals surface area contributed by atoms with Gasteiger partial charge >= 0.3 is 0 Å². The molecule has 2 aliphatic rings. The summed E-state index contributed by atoms with van der Waals surface area (Å²) in [4.78, 5) is 40.4. The number of halogens is 1. The van der Waals surface area contributed by atoms with E-state index in [4.69, 9.17) is 10.7 Å². The molecule has 40 heavy (non-hydrogen) atoms. The van der Waals surface area contributed by atoms with Crippen molar-refractivity contribution in [2.45, 2.75) is 44.4 Å². The maximum Gasteiger partial charge on any atom is 0.298 e. The van der Waals surface area contributed by atoms with Gasteiger partial charge in [-0.05, 0) is 80.3 Å². The van der Waals surface area contributed by atoms with Crippen LogP contribution in [0.4, 0.5) is 16.2 Å². The Labute approximate surface area is 230 Å². The highest BCUT2D eigenvalue weighted by Crippen LogP contribution is 2.40. The number of hydrogen-bond donors (Lipinski definition) is 2. The lowest BCUT2D eigenvalue weighted by atomic mass is 9.94. The molecule has 0 bridgehead atoms. The molecule has 0 spiro atoms. The second-order valence-electron chi connectivity index (χ2n) is 10.2. The van der Waals surface area contributed by atoms with Crippen LogP contribution in [0.2, 0.25) is 0 Å². The third kappa shape index (κ3) is 4.86. The van der Waals surface area contributed by atoms with Crippen LogP contribution >= 0.6 is 0 Å². The lowest BCUT2D eigenvalue weighted by molar-refractivity contribution is -0.126. The fraction of sp³-hybridized carbons (Fsp3) is 0.300. The lowest BCUT2D eigenvalue weighted by Crippen LogP contribution is -2.38. The van der Waals surface area contributed by atoms with E-state index in [2.05, 4.69) is 27.1 Å². The van der Waals surface area contributed by atoms with Gasteiger partial charge in [-0.25, -0.2) is 19.3 Å². The zero-order chi connectivity index (χ0) is 27.8. The molecule has 1 saturated heterocycles. The van der Waals surface area contributed by atoms with Gasteiger partial charge in [0.1, 0.15) is 17.5 Å². The molecule has 10 heteroatoms. The molecule has 0 radical (unpaired) electrons. The van der Waals surface area contributed by atoms with Crippen LogP contribution in [0, 0.1) is 17.7 Å². The molecule has 6 rings (SSSR count). The molecule has 4 heterocycles. The van der Waals surface area contributed by atoms with Gasteiger partial charge in [0.05, 0.1) is 16.8 Å². The van der Waals surface area contributed by atoms with Crippen LogP contribution in [0.5, 0.6) is 0 Å². The molecule has 1 saturated carbocycles. The van der Waals surface area contributed by atoms with Crippen LogP contribution in [0.15, 0.2) is 48.8 Å². The van der Waals surface area contributed by atoms with Crippen molar-refractivity contribution in [2.75, 3.05) is 24.1 Å². The van der Waals surface area contributed by atoms with Gasteiger partial charge in [-0.3, -0.25) is 14.0 Å². The van der Waals surface area contributed by atoms with Gasteiger partial charge in [0.25, 0.3) is 11.8 Å². The molecule has 1 atom stereocenters. The van der Waals surface area contributed by atoms with E-state index < -0.39 is 11.7 Å². The summed E-state index contributed by atoms with van der Waals surface area (Å²) in [6.07, 6.45) is 7.16. The van der Waals surface area contributed by atoms with E-state index in [9.17, 15) is 9.59 Å². The third-order valence-corrected chi connectivity index (χ3v) is 7.48. The number of fused-ring (bicyclic) bond motifs is 1. The number of carbonyl (C=O) groups excluding carboxylic acids is 2. The number of nitrogen functional groups attached to an aromatic ring is 1. The van der Waals surface area contributed by atoms with Gasteiger partial charge in [-0.2, -0.15) is 0 Å². The Morgan fingerprint density at radius 2 is 1.90 bits per heavy atom. The fourth-order valence-corrected chi connectivity index (χ4v) is 5.36. The first-order chi connectivity index (χ1) is 19.4. The van der Waals surface area contributed by atoms with Crippen molar-refractivity contribution >= 4 is 29.1 Å². The quantitative estimate of drug-likeness (QED) is 0.365. The van der Waals surface area contributed by atoms with Crippen LogP contribution in [-0.2, 0) is 4.79 Å². The largest absolute Gasteiger partial charge is 0.369 e. The summed E-state index contributed by atoms with van der Waals surface area (Å²) in [7, 11) is 0. The van der Waals surface area contributed by atoms with Crippen LogP contribution in [0.1, 0.15) is 66.1 Å². The second-order valence-corrected chi connectivity index (χ2v) is 10.2. The molecule has 9 nitrogen and oxygen atoms in total. The van der Waals surface area contributed by atoms with Crippen molar-refractivity contribution in [2.24, 2.45) is 0 Å². The standard InChI is InChI=1S/C30H28FN7O2/c1-2-4-26(39)37-14-3-5-21(17-37)27-24-11-13-34-30(32)38(24)28(36-27)20-8-9-22(23(31)15-20)29(40)35-25-16-19(10-12-33-25)18-6-7-18/h8-13,15-16,18,21H,3,5-7,14,17H2,1H3,(H2,32,34)(H,33,35,40). The summed E-state index contributed by atoms with van der Waals surface area (Å²) in [6.45, 7) is 2.76. The number of piperidine rings is 1. The number of likely N-dealkylation sites (tertiary alicyclic amines) is 1. The van der Waals surface area contributed by atoms with Crippen LogP contribution in [0.3, 0.4) is 0 Å². The van der Waals surface area contributed by atoms with Crippen LogP contribution in [0.25, 0.3) is 16.9 Å². The molecule has 2 amide bonds. The van der Waals surface area contributed by atoms with E-state index in [0.717, 1.165) is 42.5 Å². The Kier molecular flexibility index (Phi) is 6.64. The number of nitrogens with zero attached hydrogens (tertiary/aromatic N) is 5. The number of aromatic nitrogens is 4. The normalized spacial score (nSPS) is 16.9. The van der Waals surface area contributed by atoms with Gasteiger partial charge in [-0.1, -0.05) is 12.0 Å². The van der Waals surface area contributed by atoms with E-state index in [1.807, 2.05) is 18.2 Å². The molecular weight excluding hydrogens is 509 g/mol. The number of imidazole rings is 1. The average molecular weight is 538 g/mol. The number of anilines is 2. The van der Waals surface area contributed by atoms with E-state index >= 15 is 4.39 Å². The number of amides is 2. The maximum atomic E-state index is 15.4. The Morgan fingerprint density at radius 3 is 2.67 bits per heavy atom. The molecule has 3 aromatic heterocycles. The Hall–Kier alpha value is -4.78. The molecule has 4 aromatic rings. The van der Waals surface area contributed by atoms with E-state index in [1.165, 1.54) is 12.1 Å². The first-order valence-corrected chi connectivity index (χ1v) is 13.3. The van der Waals surface area contributed by atoms with Crippen LogP contribution < -0.4 is 11.1 Å². The molecule has 1 aliphatic carbocycles. The first kappa shape index (κ1) is 25.5. The molecular formula is C30H28FN7O2. The lowest BCUT2D eigenvalue weighted by Gasteiger charge is -2.30. The van der Waals surface area contributed by atoms with Crippen molar-refractivity contribution in [3.05, 3.63) is 71.4 Å². The van der Waals surface area contributed by atoms with Crippen molar-refractivity contribution in [1.29, 1.82) is 0 Å². The Bertz CT molecular complexity index is 1700. The zero-order valence-corrected chi connectivity index (χ0v) is 22.0. The summed E-state index contributed by atoms with van der Waals surface area (Å²) in [5.41, 5.74) is 9.23. The maximum absolute atomic E-state index is 15.4. The zero-order valence-electron chi connectivity index (χ0n) is 22.0. The number of carbonyl (C=O) groups is 2. The van der Waals surface area contributed by atoms with Gasteiger partial charge < -0.3 is 16.0 Å². The molecule has 202 valence electrons. The van der Waals surface area contributed by atoms with Gasteiger partial charge in [-0.15, -0.1) is 0 Å². The van der Waals surface area contributed by atoms with Gasteiger partial charge in [0.15, 0.2) is 0 Å². The predicted molar refractivity (Wildman–Crippen MR) is 149 cm³/mol. The van der Waals surface area contributed by atoms with E-state index in [1.54, 1.807) is 34.7 Å². The van der Waals surface area contributed by atoms with Gasteiger partial charge in [0.2, 0.25) is 5.95 Å². The smallest absolute Gasteiger partial charge is 0.298 e. The minimum atomic E-state index is -0.693. The average Bonchev–Trinajstić information content (AvgIpc) is 3.73. The third-order valence-electron chi connectivity index (χ3n) is 7.48. The number of nitrogens with one attached hydrogen (secondary N) is 1. The minimum absolute atomic E-state index is 0.0456. The minimum Gasteiger partial charge on any atom is -0.369 e. The number of hydrogen-bond acceptors (Lipinski definition) is 6.